The van der Waals surface area contributed by atoms with Gasteiger partial charge in [0.25, 0.3) is 0 Å². The van der Waals surface area contributed by atoms with E-state index in [9.17, 15) is 9.59 Å². The molecule has 0 spiro atoms. The highest BCUT2D eigenvalue weighted by atomic mass is 16.5. The number of carbonyl (C=O) groups excluding carboxylic acids is 2. The minimum atomic E-state index is -0.819. The zero-order valence-electron chi connectivity index (χ0n) is 13.4. The third-order valence-corrected chi connectivity index (χ3v) is 4.52. The lowest BCUT2D eigenvalue weighted by Crippen LogP contribution is -2.56. The van der Waals surface area contributed by atoms with Gasteiger partial charge in [0.15, 0.2) is 0 Å². The number of ether oxygens (including phenoxy) is 1. The molecule has 1 aliphatic carbocycles. The summed E-state index contributed by atoms with van der Waals surface area (Å²) in [6, 6.07) is 9.95. The minimum absolute atomic E-state index is 0.0800. The molecule has 1 N–H and O–H groups in total. The Bertz CT molecular complexity index is 506. The Morgan fingerprint density at radius 3 is 2.41 bits per heavy atom. The standard InChI is InChI=1S/C18H25NO3/c1-14(15-9-5-3-6-10-15)13-16(20)19-18(17(21)22-2)11-7-4-8-12-18/h3,5-6,9-10,14H,4,7-8,11-13H2,1-2H3,(H,19,20). The molecule has 1 aromatic carbocycles. The second kappa shape index (κ2) is 7.43. The van der Waals surface area contributed by atoms with E-state index < -0.39 is 5.54 Å². The molecule has 1 amide bonds. The maximum atomic E-state index is 12.4. The van der Waals surface area contributed by atoms with Gasteiger partial charge in [0.1, 0.15) is 5.54 Å². The van der Waals surface area contributed by atoms with Crippen LogP contribution in [0.4, 0.5) is 0 Å². The molecule has 0 saturated heterocycles. The van der Waals surface area contributed by atoms with E-state index in [0.29, 0.717) is 19.3 Å². The summed E-state index contributed by atoms with van der Waals surface area (Å²) in [5, 5.41) is 2.97. The van der Waals surface area contributed by atoms with Crippen LogP contribution >= 0.6 is 0 Å². The molecular formula is C18H25NO3. The highest BCUT2D eigenvalue weighted by molar-refractivity contribution is 5.88. The topological polar surface area (TPSA) is 55.4 Å². The van der Waals surface area contributed by atoms with Crippen molar-refractivity contribution < 1.29 is 14.3 Å². The van der Waals surface area contributed by atoms with E-state index in [1.165, 1.54) is 7.11 Å². The quantitative estimate of drug-likeness (QED) is 0.850. The van der Waals surface area contributed by atoms with Crippen LogP contribution < -0.4 is 5.32 Å². The first-order valence-corrected chi connectivity index (χ1v) is 8.02. The Kier molecular flexibility index (Phi) is 5.58. The summed E-state index contributed by atoms with van der Waals surface area (Å²) >= 11 is 0. The van der Waals surface area contributed by atoms with Crippen LogP contribution in [0.25, 0.3) is 0 Å². The molecule has 0 bridgehead atoms. The Hall–Kier alpha value is -1.84. The highest BCUT2D eigenvalue weighted by Gasteiger charge is 2.41. The Labute approximate surface area is 132 Å². The third-order valence-electron chi connectivity index (χ3n) is 4.52. The summed E-state index contributed by atoms with van der Waals surface area (Å²) in [6.07, 6.45) is 4.72. The summed E-state index contributed by atoms with van der Waals surface area (Å²) in [5.41, 5.74) is 0.314. The Morgan fingerprint density at radius 2 is 1.82 bits per heavy atom. The first-order chi connectivity index (χ1) is 10.6. The average Bonchev–Trinajstić information content (AvgIpc) is 2.55. The summed E-state index contributed by atoms with van der Waals surface area (Å²) in [5.74, 6) is -0.268. The van der Waals surface area contributed by atoms with Crippen molar-refractivity contribution in [3.63, 3.8) is 0 Å². The molecule has 0 aromatic heterocycles. The van der Waals surface area contributed by atoms with E-state index in [4.69, 9.17) is 4.74 Å². The van der Waals surface area contributed by atoms with E-state index in [1.807, 2.05) is 37.3 Å². The Morgan fingerprint density at radius 1 is 1.18 bits per heavy atom. The zero-order chi connectivity index (χ0) is 16.0. The number of hydrogen-bond acceptors (Lipinski definition) is 3. The monoisotopic (exact) mass is 303 g/mol. The van der Waals surface area contributed by atoms with Crippen LogP contribution in [0.3, 0.4) is 0 Å². The average molecular weight is 303 g/mol. The second-order valence-electron chi connectivity index (χ2n) is 6.20. The number of nitrogens with one attached hydrogen (secondary N) is 1. The molecule has 120 valence electrons. The summed E-state index contributed by atoms with van der Waals surface area (Å²) < 4.78 is 4.93. The van der Waals surface area contributed by atoms with Crippen molar-refractivity contribution in [1.82, 2.24) is 5.32 Å². The number of rotatable bonds is 5. The number of esters is 1. The molecule has 1 aromatic rings. The van der Waals surface area contributed by atoms with Crippen LogP contribution in [0.5, 0.6) is 0 Å². The van der Waals surface area contributed by atoms with Gasteiger partial charge in [-0.3, -0.25) is 4.79 Å². The van der Waals surface area contributed by atoms with Gasteiger partial charge < -0.3 is 10.1 Å². The van der Waals surface area contributed by atoms with Gasteiger partial charge in [-0.25, -0.2) is 4.79 Å². The van der Waals surface area contributed by atoms with Crippen LogP contribution in [-0.4, -0.2) is 24.5 Å². The SMILES string of the molecule is COC(=O)C1(NC(=O)CC(C)c2ccccc2)CCCCC1. The van der Waals surface area contributed by atoms with Gasteiger partial charge in [0.05, 0.1) is 7.11 Å². The van der Waals surface area contributed by atoms with E-state index in [2.05, 4.69) is 5.32 Å². The van der Waals surface area contributed by atoms with E-state index in [1.54, 1.807) is 0 Å². The van der Waals surface area contributed by atoms with Gasteiger partial charge in [0, 0.05) is 6.42 Å². The van der Waals surface area contributed by atoms with Crippen LogP contribution in [-0.2, 0) is 14.3 Å². The number of hydrogen-bond donors (Lipinski definition) is 1. The largest absolute Gasteiger partial charge is 0.467 e. The molecule has 1 fully saturated rings. The van der Waals surface area contributed by atoms with Crippen molar-refractivity contribution in [2.45, 2.75) is 56.9 Å². The van der Waals surface area contributed by atoms with Gasteiger partial charge in [-0.05, 0) is 24.3 Å². The van der Waals surface area contributed by atoms with Gasteiger partial charge in [0.2, 0.25) is 5.91 Å². The van der Waals surface area contributed by atoms with Gasteiger partial charge >= 0.3 is 5.97 Å². The van der Waals surface area contributed by atoms with E-state index in [0.717, 1.165) is 24.8 Å². The van der Waals surface area contributed by atoms with Crippen molar-refractivity contribution >= 4 is 11.9 Å². The molecule has 0 heterocycles. The van der Waals surface area contributed by atoms with E-state index >= 15 is 0 Å². The summed E-state index contributed by atoms with van der Waals surface area (Å²) in [4.78, 5) is 24.5. The molecule has 1 aliphatic rings. The molecule has 1 unspecified atom stereocenters. The smallest absolute Gasteiger partial charge is 0.331 e. The lowest BCUT2D eigenvalue weighted by molar-refractivity contribution is -0.152. The van der Waals surface area contributed by atoms with Gasteiger partial charge in [-0.1, -0.05) is 56.5 Å². The number of methoxy groups -OCH3 is 1. The number of benzene rings is 1. The fourth-order valence-electron chi connectivity index (χ4n) is 3.23. The zero-order valence-corrected chi connectivity index (χ0v) is 13.4. The Balaban J connectivity index is 2.01. The molecular weight excluding hydrogens is 278 g/mol. The fourth-order valence-corrected chi connectivity index (χ4v) is 3.23. The van der Waals surface area contributed by atoms with Crippen molar-refractivity contribution in [3.05, 3.63) is 35.9 Å². The lowest BCUT2D eigenvalue weighted by Gasteiger charge is -2.35. The van der Waals surface area contributed by atoms with Crippen LogP contribution in [0, 0.1) is 0 Å². The molecule has 0 aliphatic heterocycles. The van der Waals surface area contributed by atoms with Crippen molar-refractivity contribution in [2.75, 3.05) is 7.11 Å². The highest BCUT2D eigenvalue weighted by Crippen LogP contribution is 2.30. The fraction of sp³-hybridized carbons (Fsp3) is 0.556. The normalized spacial score (nSPS) is 18.3. The molecule has 4 nitrogen and oxygen atoms in total. The molecule has 4 heteroatoms. The van der Waals surface area contributed by atoms with Gasteiger partial charge in [-0.15, -0.1) is 0 Å². The van der Waals surface area contributed by atoms with Crippen LogP contribution in [0.1, 0.15) is 56.9 Å². The minimum Gasteiger partial charge on any atom is -0.467 e. The van der Waals surface area contributed by atoms with Crippen molar-refractivity contribution in [2.24, 2.45) is 0 Å². The first-order valence-electron chi connectivity index (χ1n) is 8.02. The molecule has 1 saturated carbocycles. The predicted molar refractivity (Wildman–Crippen MR) is 85.4 cm³/mol. The van der Waals surface area contributed by atoms with E-state index in [-0.39, 0.29) is 17.8 Å². The van der Waals surface area contributed by atoms with Crippen molar-refractivity contribution in [1.29, 1.82) is 0 Å². The van der Waals surface area contributed by atoms with Gasteiger partial charge in [-0.2, -0.15) is 0 Å². The molecule has 2 rings (SSSR count). The molecule has 0 radical (unpaired) electrons. The number of amides is 1. The summed E-state index contributed by atoms with van der Waals surface area (Å²) in [7, 11) is 1.39. The maximum absolute atomic E-state index is 12.4. The molecule has 22 heavy (non-hydrogen) atoms. The summed E-state index contributed by atoms with van der Waals surface area (Å²) in [6.45, 7) is 2.03. The lowest BCUT2D eigenvalue weighted by atomic mass is 9.81. The first kappa shape index (κ1) is 16.5. The number of carbonyl (C=O) groups is 2. The predicted octanol–water partition coefficient (Wildman–Crippen LogP) is 3.17. The maximum Gasteiger partial charge on any atom is 0.331 e. The second-order valence-corrected chi connectivity index (χ2v) is 6.20. The van der Waals surface area contributed by atoms with Crippen LogP contribution in [0.15, 0.2) is 30.3 Å². The third kappa shape index (κ3) is 3.87. The molecule has 1 atom stereocenters. The van der Waals surface area contributed by atoms with Crippen LogP contribution in [0.2, 0.25) is 0 Å². The van der Waals surface area contributed by atoms with Crippen molar-refractivity contribution in [3.8, 4) is 0 Å².